The van der Waals surface area contributed by atoms with Gasteiger partial charge in [0, 0.05) is 10.1 Å². The summed E-state index contributed by atoms with van der Waals surface area (Å²) in [6, 6.07) is 5.57. The van der Waals surface area contributed by atoms with Crippen LogP contribution >= 0.6 is 35.0 Å². The normalized spacial score (nSPS) is 10.8. The first-order valence-electron chi connectivity index (χ1n) is 3.72. The highest BCUT2D eigenvalue weighted by atomic mass is 35.5. The summed E-state index contributed by atoms with van der Waals surface area (Å²) >= 11 is 13.6. The summed E-state index contributed by atoms with van der Waals surface area (Å²) in [5.74, 6) is 0. The minimum Gasteiger partial charge on any atom is -0.120 e. The molecule has 0 nitrogen and oxygen atoms in total. The lowest BCUT2D eigenvalue weighted by Crippen LogP contribution is -1.87. The average Bonchev–Trinajstić information content (AvgIpc) is 1.97. The molecule has 66 valence electrons. The minimum absolute atomic E-state index is 0.502. The number of hydrogen-bond acceptors (Lipinski definition) is 1. The van der Waals surface area contributed by atoms with Gasteiger partial charge in [-0.25, -0.2) is 0 Å². The van der Waals surface area contributed by atoms with Crippen LogP contribution in [-0.2, 0) is 0 Å². The van der Waals surface area contributed by atoms with E-state index in [0.717, 1.165) is 14.9 Å². The number of hydrogen-bond donors (Lipinski definition) is 0. The number of rotatable bonds is 2. The van der Waals surface area contributed by atoms with Gasteiger partial charge in [-0.1, -0.05) is 43.1 Å². The van der Waals surface area contributed by atoms with Crippen molar-refractivity contribution in [3.63, 3.8) is 0 Å². The first-order valence-corrected chi connectivity index (χ1v) is 5.35. The fourth-order valence-corrected chi connectivity index (χ4v) is 2.33. The molecular weight excluding hydrogens is 211 g/mol. The van der Waals surface area contributed by atoms with Gasteiger partial charge < -0.3 is 0 Å². The van der Waals surface area contributed by atoms with Crippen LogP contribution in [0.2, 0.25) is 10.0 Å². The van der Waals surface area contributed by atoms with Crippen molar-refractivity contribution in [3.8, 4) is 0 Å². The molecule has 0 aliphatic carbocycles. The Labute approximate surface area is 87.3 Å². The second-order valence-electron chi connectivity index (χ2n) is 2.72. The van der Waals surface area contributed by atoms with E-state index in [1.807, 2.05) is 18.2 Å². The van der Waals surface area contributed by atoms with Crippen LogP contribution < -0.4 is 0 Å². The van der Waals surface area contributed by atoms with Crippen molar-refractivity contribution in [3.05, 3.63) is 28.2 Å². The van der Waals surface area contributed by atoms with Gasteiger partial charge in [-0.3, -0.25) is 0 Å². The predicted octanol–water partition coefficient (Wildman–Crippen LogP) is 4.49. The van der Waals surface area contributed by atoms with E-state index in [2.05, 4.69) is 13.8 Å². The van der Waals surface area contributed by atoms with Crippen molar-refractivity contribution in [1.29, 1.82) is 0 Å². The number of thioether (sulfide) groups is 1. The van der Waals surface area contributed by atoms with Crippen LogP contribution in [-0.4, -0.2) is 5.25 Å². The number of halogens is 2. The van der Waals surface area contributed by atoms with Gasteiger partial charge in [-0.15, -0.1) is 11.8 Å². The van der Waals surface area contributed by atoms with E-state index in [9.17, 15) is 0 Å². The molecule has 12 heavy (non-hydrogen) atoms. The van der Waals surface area contributed by atoms with Crippen LogP contribution in [0.5, 0.6) is 0 Å². The van der Waals surface area contributed by atoms with E-state index >= 15 is 0 Å². The van der Waals surface area contributed by atoms with Crippen molar-refractivity contribution < 1.29 is 0 Å². The Bertz CT molecular complexity index is 251. The minimum atomic E-state index is 0.502. The summed E-state index contributed by atoms with van der Waals surface area (Å²) in [4.78, 5) is 0.982. The van der Waals surface area contributed by atoms with E-state index in [0.29, 0.717) is 5.25 Å². The second kappa shape index (κ2) is 4.40. The third-order valence-corrected chi connectivity index (χ3v) is 3.27. The smallest absolute Gasteiger partial charge is 0.0557 e. The quantitative estimate of drug-likeness (QED) is 0.663. The molecule has 0 bridgehead atoms. The van der Waals surface area contributed by atoms with Crippen LogP contribution in [0.4, 0.5) is 0 Å². The molecule has 3 heteroatoms. The first-order chi connectivity index (χ1) is 5.61. The molecule has 0 unspecified atom stereocenters. The maximum Gasteiger partial charge on any atom is 0.0557 e. The van der Waals surface area contributed by atoms with E-state index < -0.39 is 0 Å². The third-order valence-electron chi connectivity index (χ3n) is 1.27. The van der Waals surface area contributed by atoms with Gasteiger partial charge in [0.1, 0.15) is 0 Å². The van der Waals surface area contributed by atoms with Crippen molar-refractivity contribution in [2.75, 3.05) is 0 Å². The van der Waals surface area contributed by atoms with Crippen molar-refractivity contribution in [2.24, 2.45) is 0 Å². The highest BCUT2D eigenvalue weighted by Gasteiger charge is 2.07. The standard InChI is InChI=1S/C9H10Cl2S/c1-6(2)12-9-7(10)4-3-5-8(9)11/h3-6H,1-2H3. The van der Waals surface area contributed by atoms with Crippen molar-refractivity contribution >= 4 is 35.0 Å². The maximum absolute atomic E-state index is 5.97. The van der Waals surface area contributed by atoms with Gasteiger partial charge in [-0.05, 0) is 12.1 Å². The summed E-state index contributed by atoms with van der Waals surface area (Å²) in [5.41, 5.74) is 0. The topological polar surface area (TPSA) is 0 Å². The van der Waals surface area contributed by atoms with Crippen LogP contribution in [0.3, 0.4) is 0 Å². The van der Waals surface area contributed by atoms with Crippen LogP contribution in [0, 0.1) is 0 Å². The van der Waals surface area contributed by atoms with E-state index in [-0.39, 0.29) is 0 Å². The summed E-state index contributed by atoms with van der Waals surface area (Å²) < 4.78 is 0. The lowest BCUT2D eigenvalue weighted by Gasteiger charge is -2.08. The SMILES string of the molecule is CC(C)Sc1c(Cl)cccc1Cl. The summed E-state index contributed by atoms with van der Waals surface area (Å²) in [6.45, 7) is 4.23. The molecule has 0 radical (unpaired) electrons. The van der Waals surface area contributed by atoms with Crippen LogP contribution in [0.1, 0.15) is 13.8 Å². The molecular formula is C9H10Cl2S. The molecule has 0 aromatic heterocycles. The summed E-state index contributed by atoms with van der Waals surface area (Å²) in [6.07, 6.45) is 0. The highest BCUT2D eigenvalue weighted by Crippen LogP contribution is 2.35. The lowest BCUT2D eigenvalue weighted by atomic mass is 10.4. The fraction of sp³-hybridized carbons (Fsp3) is 0.333. The van der Waals surface area contributed by atoms with Crippen LogP contribution in [0.25, 0.3) is 0 Å². The van der Waals surface area contributed by atoms with Gasteiger partial charge in [0.2, 0.25) is 0 Å². The van der Waals surface area contributed by atoms with Gasteiger partial charge in [-0.2, -0.15) is 0 Å². The Balaban J connectivity index is 2.96. The Morgan fingerprint density at radius 3 is 2.08 bits per heavy atom. The molecule has 0 amide bonds. The average molecular weight is 221 g/mol. The van der Waals surface area contributed by atoms with E-state index in [1.54, 1.807) is 11.8 Å². The molecule has 1 aromatic rings. The predicted molar refractivity (Wildman–Crippen MR) is 57.5 cm³/mol. The lowest BCUT2D eigenvalue weighted by molar-refractivity contribution is 1.11. The third kappa shape index (κ3) is 2.58. The van der Waals surface area contributed by atoms with Gasteiger partial charge in [0.05, 0.1) is 10.0 Å². The Morgan fingerprint density at radius 2 is 1.67 bits per heavy atom. The molecule has 1 aromatic carbocycles. The number of benzene rings is 1. The summed E-state index contributed by atoms with van der Waals surface area (Å²) in [5, 5.41) is 1.98. The monoisotopic (exact) mass is 220 g/mol. The molecule has 0 fully saturated rings. The highest BCUT2D eigenvalue weighted by molar-refractivity contribution is 8.00. The van der Waals surface area contributed by atoms with Gasteiger partial charge >= 0.3 is 0 Å². The molecule has 0 heterocycles. The maximum atomic E-state index is 5.97. The second-order valence-corrected chi connectivity index (χ2v) is 5.12. The molecule has 0 spiro atoms. The van der Waals surface area contributed by atoms with Gasteiger partial charge in [0.25, 0.3) is 0 Å². The Morgan fingerprint density at radius 1 is 1.17 bits per heavy atom. The summed E-state index contributed by atoms with van der Waals surface area (Å²) in [7, 11) is 0. The van der Waals surface area contributed by atoms with E-state index in [1.165, 1.54) is 0 Å². The zero-order valence-corrected chi connectivity index (χ0v) is 9.30. The zero-order chi connectivity index (χ0) is 9.14. The molecule has 0 aliphatic heterocycles. The largest absolute Gasteiger partial charge is 0.120 e. The fourth-order valence-electron chi connectivity index (χ4n) is 0.831. The molecule has 0 saturated carbocycles. The molecule has 1 rings (SSSR count). The zero-order valence-electron chi connectivity index (χ0n) is 6.97. The van der Waals surface area contributed by atoms with Crippen molar-refractivity contribution in [2.45, 2.75) is 24.0 Å². The first kappa shape index (κ1) is 10.2. The van der Waals surface area contributed by atoms with Crippen molar-refractivity contribution in [1.82, 2.24) is 0 Å². The van der Waals surface area contributed by atoms with E-state index in [4.69, 9.17) is 23.2 Å². The Hall–Kier alpha value is 0.150. The van der Waals surface area contributed by atoms with Gasteiger partial charge in [0.15, 0.2) is 0 Å². The molecule has 0 aliphatic rings. The molecule has 0 N–H and O–H groups in total. The molecule has 0 atom stereocenters. The molecule has 0 saturated heterocycles. The van der Waals surface area contributed by atoms with Crippen LogP contribution in [0.15, 0.2) is 23.1 Å². The Kier molecular flexibility index (Phi) is 3.76.